The van der Waals surface area contributed by atoms with Gasteiger partial charge in [0.2, 0.25) is 5.91 Å². The van der Waals surface area contributed by atoms with Gasteiger partial charge in [-0.2, -0.15) is 0 Å². The lowest BCUT2D eigenvalue weighted by atomic mass is 9.82. The van der Waals surface area contributed by atoms with Crippen LogP contribution in [-0.2, 0) is 22.6 Å². The van der Waals surface area contributed by atoms with E-state index < -0.39 is 6.09 Å². The van der Waals surface area contributed by atoms with Crippen molar-refractivity contribution in [3.05, 3.63) is 71.5 Å². The molecule has 2 aliphatic rings. The van der Waals surface area contributed by atoms with Crippen LogP contribution >= 0.6 is 0 Å². The van der Waals surface area contributed by atoms with E-state index in [1.807, 2.05) is 47.4 Å². The summed E-state index contributed by atoms with van der Waals surface area (Å²) in [7, 11) is 0. The molecule has 0 radical (unpaired) electrons. The van der Waals surface area contributed by atoms with E-state index in [1.165, 1.54) is 12.1 Å². The molecule has 4 rings (SSSR count). The van der Waals surface area contributed by atoms with Crippen LogP contribution in [-0.4, -0.2) is 36.0 Å². The average molecular weight is 453 g/mol. The second-order valence-electron chi connectivity index (χ2n) is 9.33. The molecule has 1 aliphatic heterocycles. The van der Waals surface area contributed by atoms with Crippen LogP contribution in [0.15, 0.2) is 54.6 Å². The van der Waals surface area contributed by atoms with Crippen LogP contribution < -0.4 is 5.32 Å². The summed E-state index contributed by atoms with van der Waals surface area (Å²) in [5, 5.41) is 2.97. The van der Waals surface area contributed by atoms with E-state index in [2.05, 4.69) is 5.32 Å². The zero-order valence-electron chi connectivity index (χ0n) is 19.0. The Morgan fingerprint density at radius 1 is 0.939 bits per heavy atom. The zero-order valence-corrected chi connectivity index (χ0v) is 19.0. The molecule has 1 N–H and O–H groups in total. The fraction of sp³-hybridized carbons (Fsp3) is 0.481. The molecule has 2 aromatic rings. The van der Waals surface area contributed by atoms with Gasteiger partial charge in [0.1, 0.15) is 12.4 Å². The molecule has 5 nitrogen and oxygen atoms in total. The number of amides is 2. The molecule has 0 spiro atoms. The van der Waals surface area contributed by atoms with Crippen molar-refractivity contribution in [2.24, 2.45) is 11.8 Å². The number of piperidine rings is 1. The molecule has 2 fully saturated rings. The second-order valence-corrected chi connectivity index (χ2v) is 9.33. The highest BCUT2D eigenvalue weighted by Gasteiger charge is 2.36. The zero-order chi connectivity index (χ0) is 23.0. The lowest BCUT2D eigenvalue weighted by Crippen LogP contribution is -2.51. The van der Waals surface area contributed by atoms with Crippen LogP contribution in [0.4, 0.5) is 9.18 Å². The Kier molecular flexibility index (Phi) is 7.97. The van der Waals surface area contributed by atoms with Gasteiger partial charge in [-0.1, -0.05) is 55.3 Å². The molecule has 2 aromatic carbocycles. The summed E-state index contributed by atoms with van der Waals surface area (Å²) in [6.45, 7) is 1.70. The smallest absolute Gasteiger partial charge is 0.407 e. The monoisotopic (exact) mass is 452 g/mol. The van der Waals surface area contributed by atoms with Gasteiger partial charge in [-0.25, -0.2) is 9.18 Å². The Balaban J connectivity index is 1.32. The highest BCUT2D eigenvalue weighted by Crippen LogP contribution is 2.29. The maximum atomic E-state index is 13.5. The molecule has 3 unspecified atom stereocenters. The number of carbonyl (C=O) groups is 2. The number of likely N-dealkylation sites (tertiary alicyclic amines) is 1. The first-order valence-electron chi connectivity index (χ1n) is 12.1. The first-order chi connectivity index (χ1) is 16.1. The molecule has 0 aromatic heterocycles. The SMILES string of the molecule is O=C(NC1CCCCC1C(=O)N1CCCC(Cc2ccc(F)cc2)C1)OCc1ccccc1. The maximum absolute atomic E-state index is 13.5. The standard InChI is InChI=1S/C27H33FN2O3/c28-23-14-12-20(13-15-23)17-22-9-6-16-30(18-22)26(31)24-10-4-5-11-25(24)29-27(32)33-19-21-7-2-1-3-8-21/h1-3,7-8,12-15,22,24-25H,4-6,9-11,16-19H2,(H,29,32). The van der Waals surface area contributed by atoms with Gasteiger partial charge in [0, 0.05) is 19.1 Å². The van der Waals surface area contributed by atoms with Crippen molar-refractivity contribution in [2.75, 3.05) is 13.1 Å². The summed E-state index contributed by atoms with van der Waals surface area (Å²) in [5.74, 6) is 0.0933. The summed E-state index contributed by atoms with van der Waals surface area (Å²) in [6.07, 6.45) is 6.02. The number of benzene rings is 2. The Morgan fingerprint density at radius 2 is 1.70 bits per heavy atom. The molecule has 176 valence electrons. The van der Waals surface area contributed by atoms with E-state index >= 15 is 0 Å². The maximum Gasteiger partial charge on any atom is 0.407 e. The molecule has 2 amide bonds. The second kappa shape index (κ2) is 11.3. The Bertz CT molecular complexity index is 919. The molecule has 6 heteroatoms. The predicted molar refractivity (Wildman–Crippen MR) is 125 cm³/mol. The number of rotatable bonds is 6. The quantitative estimate of drug-likeness (QED) is 0.664. The minimum absolute atomic E-state index is 0.145. The van der Waals surface area contributed by atoms with E-state index in [0.29, 0.717) is 5.92 Å². The van der Waals surface area contributed by atoms with Gasteiger partial charge in [0.05, 0.1) is 5.92 Å². The minimum atomic E-state index is -0.462. The van der Waals surface area contributed by atoms with Crippen molar-refractivity contribution in [1.29, 1.82) is 0 Å². The average Bonchev–Trinajstić information content (AvgIpc) is 2.85. The first kappa shape index (κ1) is 23.3. The summed E-state index contributed by atoms with van der Waals surface area (Å²) >= 11 is 0. The van der Waals surface area contributed by atoms with Crippen molar-refractivity contribution in [1.82, 2.24) is 10.2 Å². The lowest BCUT2D eigenvalue weighted by Gasteiger charge is -2.38. The normalized spacial score (nSPS) is 23.1. The Hall–Kier alpha value is -2.89. The van der Waals surface area contributed by atoms with E-state index in [9.17, 15) is 14.0 Å². The molecule has 0 bridgehead atoms. The van der Waals surface area contributed by atoms with Gasteiger partial charge in [-0.3, -0.25) is 4.79 Å². The number of hydrogen-bond acceptors (Lipinski definition) is 3. The molecule has 33 heavy (non-hydrogen) atoms. The number of nitrogens with zero attached hydrogens (tertiary/aromatic N) is 1. The number of carbonyl (C=O) groups excluding carboxylic acids is 2. The van der Waals surface area contributed by atoms with Crippen LogP contribution in [0.2, 0.25) is 0 Å². The third kappa shape index (κ3) is 6.56. The van der Waals surface area contributed by atoms with Gasteiger partial charge >= 0.3 is 6.09 Å². The van der Waals surface area contributed by atoms with Gasteiger partial charge < -0.3 is 15.0 Å². The van der Waals surface area contributed by atoms with Gasteiger partial charge in [0.25, 0.3) is 0 Å². The topological polar surface area (TPSA) is 58.6 Å². The third-order valence-corrected chi connectivity index (χ3v) is 6.87. The van der Waals surface area contributed by atoms with E-state index in [4.69, 9.17) is 4.74 Å². The fourth-order valence-corrected chi connectivity index (χ4v) is 5.14. The Labute approximate surface area is 195 Å². The van der Waals surface area contributed by atoms with Crippen molar-refractivity contribution in [3.8, 4) is 0 Å². The molecule has 1 saturated carbocycles. The van der Waals surface area contributed by atoms with Gasteiger partial charge in [0.15, 0.2) is 0 Å². The predicted octanol–water partition coefficient (Wildman–Crippen LogP) is 5.09. The molecule has 3 atom stereocenters. The van der Waals surface area contributed by atoms with E-state index in [1.54, 1.807) is 0 Å². The number of ether oxygens (including phenoxy) is 1. The molecule has 1 aliphatic carbocycles. The lowest BCUT2D eigenvalue weighted by molar-refractivity contribution is -0.139. The number of alkyl carbamates (subject to hydrolysis) is 1. The summed E-state index contributed by atoms with van der Waals surface area (Å²) in [5.41, 5.74) is 2.04. The Morgan fingerprint density at radius 3 is 2.48 bits per heavy atom. The van der Waals surface area contributed by atoms with Crippen LogP contribution in [0.5, 0.6) is 0 Å². The van der Waals surface area contributed by atoms with E-state index in [0.717, 1.165) is 69.2 Å². The van der Waals surface area contributed by atoms with Gasteiger partial charge in [-0.15, -0.1) is 0 Å². The van der Waals surface area contributed by atoms with Crippen molar-refractivity contribution in [2.45, 2.75) is 57.6 Å². The number of halogens is 1. The third-order valence-electron chi connectivity index (χ3n) is 6.87. The fourth-order valence-electron chi connectivity index (χ4n) is 5.14. The number of hydrogen-bond donors (Lipinski definition) is 1. The summed E-state index contributed by atoms with van der Waals surface area (Å²) < 4.78 is 18.6. The van der Waals surface area contributed by atoms with Crippen LogP contribution in [0, 0.1) is 17.7 Å². The van der Waals surface area contributed by atoms with Crippen molar-refractivity contribution in [3.63, 3.8) is 0 Å². The minimum Gasteiger partial charge on any atom is -0.445 e. The molecular weight excluding hydrogens is 419 g/mol. The molecule has 1 saturated heterocycles. The first-order valence-corrected chi connectivity index (χ1v) is 12.1. The largest absolute Gasteiger partial charge is 0.445 e. The summed E-state index contributed by atoms with van der Waals surface area (Å²) in [4.78, 5) is 27.9. The number of nitrogens with one attached hydrogen (secondary N) is 1. The van der Waals surface area contributed by atoms with Crippen LogP contribution in [0.1, 0.15) is 49.7 Å². The van der Waals surface area contributed by atoms with Crippen molar-refractivity contribution >= 4 is 12.0 Å². The van der Waals surface area contributed by atoms with Crippen LogP contribution in [0.3, 0.4) is 0 Å². The molecular formula is C27H33FN2O3. The summed E-state index contributed by atoms with van der Waals surface area (Å²) in [6, 6.07) is 16.0. The highest BCUT2D eigenvalue weighted by molar-refractivity contribution is 5.80. The van der Waals surface area contributed by atoms with Crippen molar-refractivity contribution < 1.29 is 18.7 Å². The van der Waals surface area contributed by atoms with Crippen LogP contribution in [0.25, 0.3) is 0 Å². The highest BCUT2D eigenvalue weighted by atomic mass is 19.1. The van der Waals surface area contributed by atoms with E-state index in [-0.39, 0.29) is 30.3 Å². The molecule has 1 heterocycles. The van der Waals surface area contributed by atoms with Gasteiger partial charge in [-0.05, 0) is 61.3 Å².